The number of fused-ring (bicyclic) bond motifs is 4. The van der Waals surface area contributed by atoms with Gasteiger partial charge in [-0.3, -0.25) is 4.57 Å². The van der Waals surface area contributed by atoms with Crippen LogP contribution in [0.2, 0.25) is 0 Å². The Hall–Kier alpha value is -5.84. The van der Waals surface area contributed by atoms with E-state index in [1.165, 1.54) is 5.56 Å². The molecule has 4 heterocycles. The number of pyridine rings is 2. The quantitative estimate of drug-likeness (QED) is 0.101. The normalized spacial score (nSPS) is 13.3. The van der Waals surface area contributed by atoms with Crippen LogP contribution in [0.5, 0.6) is 11.5 Å². The maximum atomic E-state index is 8.99. The van der Waals surface area contributed by atoms with Crippen molar-refractivity contribution < 1.29 is 35.9 Å². The van der Waals surface area contributed by atoms with Gasteiger partial charge >= 0.3 is 0 Å². The largest absolute Gasteiger partial charge is 0.508 e. The van der Waals surface area contributed by atoms with Crippen LogP contribution in [0.25, 0.3) is 61.2 Å². The molecular weight excluding hydrogens is 918 g/mol. The molecule has 0 atom stereocenters. The van der Waals surface area contributed by atoms with E-state index in [0.717, 1.165) is 49.8 Å². The molecule has 0 aliphatic carbocycles. The molecule has 0 radical (unpaired) electrons. The predicted molar refractivity (Wildman–Crippen MR) is 239 cm³/mol. The Bertz CT molecular complexity index is 3130. The van der Waals surface area contributed by atoms with Crippen LogP contribution in [0, 0.1) is 30.3 Å². The summed E-state index contributed by atoms with van der Waals surface area (Å²) in [5.41, 5.74) is 8.78. The molecule has 0 saturated heterocycles. The monoisotopic (exact) mass is 970 g/mol. The van der Waals surface area contributed by atoms with Crippen LogP contribution < -0.4 is 9.30 Å². The second-order valence-corrected chi connectivity index (χ2v) is 16.7. The van der Waals surface area contributed by atoms with Gasteiger partial charge in [-0.25, -0.2) is 4.98 Å². The summed E-state index contributed by atoms with van der Waals surface area (Å²) in [4.78, 5) is 9.45. The van der Waals surface area contributed by atoms with Crippen LogP contribution in [0.3, 0.4) is 0 Å². The fourth-order valence-electron chi connectivity index (χ4n) is 7.69. The third-order valence-corrected chi connectivity index (χ3v) is 10.3. The van der Waals surface area contributed by atoms with Crippen molar-refractivity contribution in [3.63, 3.8) is 0 Å². The fourth-order valence-corrected chi connectivity index (χ4v) is 7.69. The molecule has 0 fully saturated rings. The van der Waals surface area contributed by atoms with E-state index in [9.17, 15) is 0 Å². The average Bonchev–Trinajstić information content (AvgIpc) is 3.82. The molecule has 0 N–H and O–H groups in total. The van der Waals surface area contributed by atoms with E-state index < -0.39 is 12.7 Å². The minimum absolute atomic E-state index is 0. The van der Waals surface area contributed by atoms with Crippen molar-refractivity contribution in [1.29, 1.82) is 0 Å². The minimum Gasteiger partial charge on any atom is -0.508 e. The molecule has 0 aliphatic rings. The summed E-state index contributed by atoms with van der Waals surface area (Å²) < 4.78 is 48.4. The van der Waals surface area contributed by atoms with E-state index in [1.807, 2.05) is 79.4 Å². The second-order valence-electron chi connectivity index (χ2n) is 16.7. The van der Waals surface area contributed by atoms with Gasteiger partial charge in [0.1, 0.15) is 5.82 Å². The minimum atomic E-state index is -1.70. The van der Waals surface area contributed by atoms with Crippen LogP contribution in [-0.4, -0.2) is 19.1 Å². The molecular formula is C53H49N5OPt-2. The molecule has 0 amide bonds. The Labute approximate surface area is 373 Å². The molecule has 0 saturated carbocycles. The fraction of sp³-hybridized carbons (Fsp3) is 0.226. The first-order valence-corrected chi connectivity index (χ1v) is 20.2. The molecule has 60 heavy (non-hydrogen) atoms. The van der Waals surface area contributed by atoms with Crippen molar-refractivity contribution in [3.8, 4) is 39.8 Å². The summed E-state index contributed by atoms with van der Waals surface area (Å²) in [6.07, 6.45) is 5.25. The van der Waals surface area contributed by atoms with Gasteiger partial charge in [-0.15, -0.1) is 23.6 Å². The summed E-state index contributed by atoms with van der Waals surface area (Å²) in [5.74, 6) is 0.975. The van der Waals surface area contributed by atoms with Crippen LogP contribution in [0.15, 0.2) is 134 Å². The van der Waals surface area contributed by atoms with Gasteiger partial charge in [0.05, 0.1) is 16.7 Å². The summed E-state index contributed by atoms with van der Waals surface area (Å²) in [5, 5.41) is 2.09. The van der Waals surface area contributed by atoms with Gasteiger partial charge in [-0.1, -0.05) is 144 Å². The van der Waals surface area contributed by atoms with Crippen molar-refractivity contribution in [1.82, 2.24) is 19.1 Å². The molecule has 0 aliphatic heterocycles. The van der Waals surface area contributed by atoms with Crippen molar-refractivity contribution in [2.45, 2.75) is 66.6 Å². The molecule has 5 aromatic carbocycles. The van der Waals surface area contributed by atoms with Crippen molar-refractivity contribution >= 4 is 32.8 Å². The predicted octanol–water partition coefficient (Wildman–Crippen LogP) is 12.3. The van der Waals surface area contributed by atoms with Crippen molar-refractivity contribution in [2.24, 2.45) is 11.8 Å². The zero-order chi connectivity index (χ0) is 44.4. The smallest absolute Gasteiger partial charge is 0.268 e. The van der Waals surface area contributed by atoms with Gasteiger partial charge in [0, 0.05) is 49.8 Å². The number of nitrogens with zero attached hydrogens (tertiary/aromatic N) is 5. The number of ether oxygens (including phenoxy) is 1. The van der Waals surface area contributed by atoms with Crippen LogP contribution in [0.4, 0.5) is 0 Å². The van der Waals surface area contributed by atoms with Gasteiger partial charge in [-0.2, -0.15) is 6.07 Å². The zero-order valence-electron chi connectivity index (χ0n) is 38.8. The number of rotatable bonds is 10. The number of hydrogen-bond acceptors (Lipinski definition) is 3. The molecule has 7 heteroatoms. The Kier molecular flexibility index (Phi) is 10.0. The average molecular weight is 971 g/mol. The SMILES string of the molecule is [2H]C([2H])(c1cc(-[n+]2[c-]n(-c3[c-]c(Oc4[c-]c5c(cc4)c4cc(-c6ccccc6)ccc4n5-c4cc(C(C)(C)C)ccn4)cnc3)c3ccccc32)cc(C([2H])([2H])C(C)C)c1)C(C)C.[Pt]. The second kappa shape index (κ2) is 16.7. The maximum absolute atomic E-state index is 8.99. The van der Waals surface area contributed by atoms with Crippen LogP contribution >= 0.6 is 0 Å². The van der Waals surface area contributed by atoms with Gasteiger partial charge in [0.15, 0.2) is 0 Å². The van der Waals surface area contributed by atoms with Crippen LogP contribution in [0.1, 0.15) is 70.6 Å². The molecule has 0 spiro atoms. The standard InChI is InChI=1S/C53H49N5O.Pt/c1-35(2)23-37-25-38(24-36(3)4)27-42(26-37)56-34-57(50-16-12-11-15-49(50)56)43-30-45(33-54-32-43)59-44-18-19-46-47-28-40(39-13-9-8-10-14-39)17-20-48(47)58(51(46)31-44)52-29-41(21-22-55-52)53(5,6)7;/h8-22,25-29,32-33,35-36H,23-24H2,1-7H3;/q-2;/i23D2,24D2;. The maximum Gasteiger partial charge on any atom is 0.268 e. The van der Waals surface area contributed by atoms with Gasteiger partial charge < -0.3 is 18.9 Å². The van der Waals surface area contributed by atoms with E-state index in [0.29, 0.717) is 34.0 Å². The first-order valence-electron chi connectivity index (χ1n) is 22.2. The summed E-state index contributed by atoms with van der Waals surface area (Å²) in [6, 6.07) is 45.2. The first-order chi connectivity index (χ1) is 30.0. The van der Waals surface area contributed by atoms with Crippen molar-refractivity contribution in [3.05, 3.63) is 169 Å². The first kappa shape index (κ1) is 36.0. The van der Waals surface area contributed by atoms with E-state index in [-0.39, 0.29) is 38.3 Å². The van der Waals surface area contributed by atoms with E-state index in [1.54, 1.807) is 30.6 Å². The Morgan fingerprint density at radius 3 is 2.18 bits per heavy atom. The summed E-state index contributed by atoms with van der Waals surface area (Å²) in [6.45, 7) is 14.0. The molecule has 9 aromatic rings. The van der Waals surface area contributed by atoms with Gasteiger partial charge in [0.25, 0.3) is 6.33 Å². The molecule has 304 valence electrons. The third kappa shape index (κ3) is 8.18. The Morgan fingerprint density at radius 1 is 0.717 bits per heavy atom. The molecule has 0 bridgehead atoms. The Balaban J connectivity index is 0.00000560. The third-order valence-electron chi connectivity index (χ3n) is 10.3. The summed E-state index contributed by atoms with van der Waals surface area (Å²) >= 11 is 0. The number of imidazole rings is 1. The van der Waals surface area contributed by atoms with E-state index in [2.05, 4.69) is 109 Å². The van der Waals surface area contributed by atoms with Gasteiger partial charge in [-0.05, 0) is 94.3 Å². The number of para-hydroxylation sites is 2. The molecule has 9 rings (SSSR count). The number of benzene rings is 5. The number of hydrogen-bond donors (Lipinski definition) is 0. The van der Waals surface area contributed by atoms with Gasteiger partial charge in [0.2, 0.25) is 0 Å². The topological polar surface area (TPSA) is 48.8 Å². The molecule has 4 aromatic heterocycles. The van der Waals surface area contributed by atoms with Crippen LogP contribution in [-0.2, 0) is 39.2 Å². The number of aromatic nitrogens is 5. The Morgan fingerprint density at radius 2 is 1.45 bits per heavy atom. The molecule has 0 unspecified atom stereocenters. The van der Waals surface area contributed by atoms with Crippen molar-refractivity contribution in [2.75, 3.05) is 0 Å². The van der Waals surface area contributed by atoms with E-state index in [4.69, 9.17) is 15.2 Å². The molecule has 6 nitrogen and oxygen atoms in total. The van der Waals surface area contributed by atoms with E-state index >= 15 is 0 Å². The summed E-state index contributed by atoms with van der Waals surface area (Å²) in [7, 11) is 0. The zero-order valence-corrected chi connectivity index (χ0v) is 37.1.